The van der Waals surface area contributed by atoms with E-state index < -0.39 is 0 Å². The fraction of sp³-hybridized carbons (Fsp3) is 0.462. The van der Waals surface area contributed by atoms with Gasteiger partial charge >= 0.3 is 0 Å². The highest BCUT2D eigenvalue weighted by Gasteiger charge is 2.09. The first-order valence-electron chi connectivity index (χ1n) is 5.67. The second-order valence-electron chi connectivity index (χ2n) is 4.10. The lowest BCUT2D eigenvalue weighted by Gasteiger charge is -2.10. The van der Waals surface area contributed by atoms with Crippen LogP contribution in [0.2, 0.25) is 0 Å². The highest BCUT2D eigenvalue weighted by atomic mass is 35.5. The molecule has 0 fully saturated rings. The van der Waals surface area contributed by atoms with Crippen LogP contribution in [0.25, 0.3) is 0 Å². The second-order valence-corrected chi connectivity index (χ2v) is 4.10. The molecule has 0 spiro atoms. The van der Waals surface area contributed by atoms with Crippen molar-refractivity contribution in [2.24, 2.45) is 11.7 Å². The number of hydrogen-bond donors (Lipinski definition) is 2. The minimum Gasteiger partial charge on any atom is -0.355 e. The quantitative estimate of drug-likeness (QED) is 0.842. The first-order valence-corrected chi connectivity index (χ1v) is 5.67. The molecule has 0 heterocycles. The number of rotatable bonds is 5. The Kier molecular flexibility index (Phi) is 7.59. The van der Waals surface area contributed by atoms with Gasteiger partial charge in [-0.3, -0.25) is 4.79 Å². The summed E-state index contributed by atoms with van der Waals surface area (Å²) in [6.45, 7) is 4.99. The molecule has 3 nitrogen and oxygen atoms in total. The highest BCUT2D eigenvalue weighted by molar-refractivity contribution is 5.85. The molecule has 96 valence electrons. The highest BCUT2D eigenvalue weighted by Crippen LogP contribution is 2.06. The van der Waals surface area contributed by atoms with Crippen molar-refractivity contribution < 1.29 is 4.79 Å². The van der Waals surface area contributed by atoms with Crippen LogP contribution in [-0.2, 0) is 11.2 Å². The first-order chi connectivity index (χ1) is 7.65. The third-order valence-electron chi connectivity index (χ3n) is 2.76. The summed E-state index contributed by atoms with van der Waals surface area (Å²) in [6.07, 6.45) is 0.871. The van der Waals surface area contributed by atoms with Crippen molar-refractivity contribution in [2.45, 2.75) is 20.3 Å². The molecule has 0 radical (unpaired) electrons. The third kappa shape index (κ3) is 5.20. The van der Waals surface area contributed by atoms with Crippen LogP contribution in [-0.4, -0.2) is 19.0 Å². The molecule has 0 saturated heterocycles. The molecule has 1 aromatic rings. The first kappa shape index (κ1) is 15.9. The minimum atomic E-state index is -0.100. The average Bonchev–Trinajstić information content (AvgIpc) is 2.30. The summed E-state index contributed by atoms with van der Waals surface area (Å²) in [5.41, 5.74) is 7.97. The molecule has 1 atom stereocenters. The largest absolute Gasteiger partial charge is 0.355 e. The molecule has 17 heavy (non-hydrogen) atoms. The lowest BCUT2D eigenvalue weighted by atomic mass is 10.1. The molecule has 4 heteroatoms. The Morgan fingerprint density at radius 3 is 2.65 bits per heavy atom. The smallest absolute Gasteiger partial charge is 0.224 e. The molecule has 1 rings (SSSR count). The Labute approximate surface area is 109 Å². The van der Waals surface area contributed by atoms with Gasteiger partial charge in [0.25, 0.3) is 0 Å². The van der Waals surface area contributed by atoms with E-state index in [2.05, 4.69) is 24.4 Å². The van der Waals surface area contributed by atoms with Gasteiger partial charge in [0, 0.05) is 19.0 Å². The van der Waals surface area contributed by atoms with Gasteiger partial charge in [-0.05, 0) is 24.5 Å². The molecular weight excluding hydrogens is 236 g/mol. The van der Waals surface area contributed by atoms with Crippen LogP contribution < -0.4 is 11.1 Å². The van der Waals surface area contributed by atoms with Gasteiger partial charge < -0.3 is 11.1 Å². The van der Waals surface area contributed by atoms with Crippen molar-refractivity contribution in [3.63, 3.8) is 0 Å². The second kappa shape index (κ2) is 8.09. The molecule has 0 saturated carbocycles. The third-order valence-corrected chi connectivity index (χ3v) is 2.76. The number of carbonyl (C=O) groups excluding carboxylic acids is 1. The van der Waals surface area contributed by atoms with Crippen LogP contribution in [0.3, 0.4) is 0 Å². The van der Waals surface area contributed by atoms with Crippen molar-refractivity contribution >= 4 is 18.3 Å². The number of aryl methyl sites for hydroxylation is 1. The summed E-state index contributed by atoms with van der Waals surface area (Å²) in [4.78, 5) is 11.5. The van der Waals surface area contributed by atoms with Crippen LogP contribution in [0.5, 0.6) is 0 Å². The fourth-order valence-corrected chi connectivity index (χ4v) is 1.49. The van der Waals surface area contributed by atoms with Crippen molar-refractivity contribution in [3.05, 3.63) is 35.4 Å². The van der Waals surface area contributed by atoms with Gasteiger partial charge in [-0.2, -0.15) is 0 Å². The molecule has 1 unspecified atom stereocenters. The predicted octanol–water partition coefficient (Wildman–Crippen LogP) is 1.67. The average molecular weight is 257 g/mol. The molecule has 0 aliphatic heterocycles. The number of amides is 1. The van der Waals surface area contributed by atoms with E-state index in [1.807, 2.05) is 19.1 Å². The van der Waals surface area contributed by atoms with E-state index >= 15 is 0 Å². The lowest BCUT2D eigenvalue weighted by Crippen LogP contribution is -2.34. The zero-order valence-corrected chi connectivity index (χ0v) is 11.2. The van der Waals surface area contributed by atoms with E-state index in [4.69, 9.17) is 5.73 Å². The summed E-state index contributed by atoms with van der Waals surface area (Å²) in [5, 5.41) is 2.89. The maximum atomic E-state index is 11.5. The zero-order chi connectivity index (χ0) is 12.0. The monoisotopic (exact) mass is 256 g/mol. The molecule has 0 bridgehead atoms. The standard InChI is InChI=1S/C13H20N2O.ClH/c1-10-5-3-4-6-12(10)7-8-15-13(16)11(2)9-14;/h3-6,11H,7-9,14H2,1-2H3,(H,15,16);1H. The SMILES string of the molecule is Cc1ccccc1CCNC(=O)C(C)CN.Cl. The molecule has 1 aromatic carbocycles. The van der Waals surface area contributed by atoms with Crippen LogP contribution in [0.4, 0.5) is 0 Å². The Bertz CT molecular complexity index is 355. The topological polar surface area (TPSA) is 55.1 Å². The number of benzene rings is 1. The van der Waals surface area contributed by atoms with E-state index in [-0.39, 0.29) is 24.2 Å². The van der Waals surface area contributed by atoms with E-state index in [9.17, 15) is 4.79 Å². The van der Waals surface area contributed by atoms with Crippen LogP contribution in [0.1, 0.15) is 18.1 Å². The Balaban J connectivity index is 0.00000256. The van der Waals surface area contributed by atoms with Crippen LogP contribution in [0, 0.1) is 12.8 Å². The number of halogens is 1. The van der Waals surface area contributed by atoms with Gasteiger partial charge in [0.05, 0.1) is 0 Å². The molecular formula is C13H21ClN2O. The van der Waals surface area contributed by atoms with Gasteiger partial charge in [0.15, 0.2) is 0 Å². The molecule has 0 aliphatic rings. The Morgan fingerprint density at radius 1 is 1.41 bits per heavy atom. The van der Waals surface area contributed by atoms with Crippen molar-refractivity contribution in [2.75, 3.05) is 13.1 Å². The summed E-state index contributed by atoms with van der Waals surface area (Å²) >= 11 is 0. The predicted molar refractivity (Wildman–Crippen MR) is 73.4 cm³/mol. The number of hydrogen-bond acceptors (Lipinski definition) is 2. The van der Waals surface area contributed by atoms with Gasteiger partial charge in [0.1, 0.15) is 0 Å². The van der Waals surface area contributed by atoms with Gasteiger partial charge in [-0.1, -0.05) is 31.2 Å². The van der Waals surface area contributed by atoms with E-state index in [0.717, 1.165) is 6.42 Å². The van der Waals surface area contributed by atoms with Crippen LogP contribution >= 0.6 is 12.4 Å². The summed E-state index contributed by atoms with van der Waals surface area (Å²) in [5.74, 6) is -0.0621. The van der Waals surface area contributed by atoms with Gasteiger partial charge in [0.2, 0.25) is 5.91 Å². The Morgan fingerprint density at radius 2 is 2.06 bits per heavy atom. The summed E-state index contributed by atoms with van der Waals surface area (Å²) in [6, 6.07) is 8.22. The maximum Gasteiger partial charge on any atom is 0.224 e. The molecule has 0 aliphatic carbocycles. The summed E-state index contributed by atoms with van der Waals surface area (Å²) in [7, 11) is 0. The van der Waals surface area contributed by atoms with E-state index in [1.165, 1.54) is 11.1 Å². The van der Waals surface area contributed by atoms with Crippen LogP contribution in [0.15, 0.2) is 24.3 Å². The summed E-state index contributed by atoms with van der Waals surface area (Å²) < 4.78 is 0. The molecule has 3 N–H and O–H groups in total. The van der Waals surface area contributed by atoms with Gasteiger partial charge in [-0.25, -0.2) is 0 Å². The number of nitrogens with one attached hydrogen (secondary N) is 1. The van der Waals surface area contributed by atoms with E-state index in [1.54, 1.807) is 0 Å². The number of nitrogens with two attached hydrogens (primary N) is 1. The minimum absolute atomic E-state index is 0. The lowest BCUT2D eigenvalue weighted by molar-refractivity contribution is -0.124. The van der Waals surface area contributed by atoms with Gasteiger partial charge in [-0.15, -0.1) is 12.4 Å². The van der Waals surface area contributed by atoms with Crippen molar-refractivity contribution in [1.82, 2.24) is 5.32 Å². The van der Waals surface area contributed by atoms with Crippen molar-refractivity contribution in [1.29, 1.82) is 0 Å². The zero-order valence-electron chi connectivity index (χ0n) is 10.4. The molecule has 0 aromatic heterocycles. The normalized spacial score (nSPS) is 11.5. The van der Waals surface area contributed by atoms with E-state index in [0.29, 0.717) is 13.1 Å². The fourth-order valence-electron chi connectivity index (χ4n) is 1.49. The maximum absolute atomic E-state index is 11.5. The Hall–Kier alpha value is -1.06. The van der Waals surface area contributed by atoms with Crippen molar-refractivity contribution in [3.8, 4) is 0 Å². The number of carbonyl (C=O) groups is 1. The molecule has 1 amide bonds.